The van der Waals surface area contributed by atoms with Gasteiger partial charge in [-0.05, 0) is 64.2 Å². The van der Waals surface area contributed by atoms with Gasteiger partial charge < -0.3 is 8.98 Å². The molecule has 9 aromatic carbocycles. The van der Waals surface area contributed by atoms with Crippen LogP contribution in [0.1, 0.15) is 0 Å². The van der Waals surface area contributed by atoms with Gasteiger partial charge in [-0.25, -0.2) is 15.0 Å². The largest absolute Gasteiger partial charge is 0.455 e. The van der Waals surface area contributed by atoms with Crippen molar-refractivity contribution in [1.82, 2.24) is 19.5 Å². The summed E-state index contributed by atoms with van der Waals surface area (Å²) in [5.41, 5.74) is 14.2. The van der Waals surface area contributed by atoms with Crippen LogP contribution in [-0.4, -0.2) is 19.5 Å². The lowest BCUT2D eigenvalue weighted by Gasteiger charge is -2.13. The number of hydrogen-bond acceptors (Lipinski definition) is 4. The standard InChI is InChI=1S/C57H36N4O/c1-5-17-37(18-6-1)41-25-15-26-43(33-41)56-58-55(40-23-11-4-12-24-40)59-57(60-56)47-28-16-30-52-53(47)49-36-44(35-48(54(49)62-52)39-21-9-3-10-22-39)61-50-29-14-13-27-45(50)46-32-31-42(34-51(46)61)38-19-7-2-8-20-38/h1-36H. The van der Waals surface area contributed by atoms with Crippen molar-refractivity contribution in [3.8, 4) is 73.2 Å². The molecule has 0 amide bonds. The number of furan rings is 1. The fourth-order valence-electron chi connectivity index (χ4n) is 8.93. The Balaban J connectivity index is 1.13. The zero-order valence-corrected chi connectivity index (χ0v) is 33.5. The molecule has 12 rings (SSSR count). The van der Waals surface area contributed by atoms with Crippen molar-refractivity contribution in [3.05, 3.63) is 218 Å². The number of rotatable bonds is 7. The van der Waals surface area contributed by atoms with Gasteiger partial charge in [0, 0.05) is 49.5 Å². The maximum absolute atomic E-state index is 6.94. The van der Waals surface area contributed by atoms with E-state index in [-0.39, 0.29) is 0 Å². The molecule has 0 bridgehead atoms. The molecule has 0 unspecified atom stereocenters. The second-order valence-electron chi connectivity index (χ2n) is 15.6. The van der Waals surface area contributed by atoms with Gasteiger partial charge in [-0.3, -0.25) is 0 Å². The second-order valence-corrected chi connectivity index (χ2v) is 15.6. The highest BCUT2D eigenvalue weighted by Crippen LogP contribution is 2.44. The first-order valence-corrected chi connectivity index (χ1v) is 20.8. The Bertz CT molecular complexity index is 3610. The summed E-state index contributed by atoms with van der Waals surface area (Å²) in [7, 11) is 0. The number of aromatic nitrogens is 4. The van der Waals surface area contributed by atoms with E-state index in [4.69, 9.17) is 19.4 Å². The minimum absolute atomic E-state index is 0.572. The van der Waals surface area contributed by atoms with E-state index in [0.717, 1.165) is 83.2 Å². The van der Waals surface area contributed by atoms with Crippen LogP contribution in [0, 0.1) is 0 Å². The molecular formula is C57H36N4O. The summed E-state index contributed by atoms with van der Waals surface area (Å²) in [6.07, 6.45) is 0. The number of para-hydroxylation sites is 1. The van der Waals surface area contributed by atoms with Gasteiger partial charge in [-0.1, -0.05) is 182 Å². The van der Waals surface area contributed by atoms with Crippen LogP contribution in [0.4, 0.5) is 0 Å². The van der Waals surface area contributed by atoms with Crippen molar-refractivity contribution in [3.63, 3.8) is 0 Å². The maximum Gasteiger partial charge on any atom is 0.164 e. The van der Waals surface area contributed by atoms with Crippen LogP contribution in [0.25, 0.3) is 117 Å². The maximum atomic E-state index is 6.94. The molecule has 5 heteroatoms. The molecule has 3 heterocycles. The Morgan fingerprint density at radius 3 is 1.60 bits per heavy atom. The van der Waals surface area contributed by atoms with Crippen LogP contribution in [0.3, 0.4) is 0 Å². The predicted octanol–water partition coefficient (Wildman–Crippen LogP) is 14.9. The monoisotopic (exact) mass is 792 g/mol. The summed E-state index contributed by atoms with van der Waals surface area (Å²) >= 11 is 0. The van der Waals surface area contributed by atoms with Crippen molar-refractivity contribution < 1.29 is 4.42 Å². The summed E-state index contributed by atoms with van der Waals surface area (Å²) in [5.74, 6) is 1.77. The molecule has 62 heavy (non-hydrogen) atoms. The van der Waals surface area contributed by atoms with E-state index in [0.29, 0.717) is 17.5 Å². The second kappa shape index (κ2) is 14.7. The van der Waals surface area contributed by atoms with Crippen LogP contribution in [-0.2, 0) is 0 Å². The molecule has 0 saturated heterocycles. The normalized spacial score (nSPS) is 11.5. The summed E-state index contributed by atoms with van der Waals surface area (Å²) in [5, 5.41) is 4.32. The number of nitrogens with zero attached hydrogens (tertiary/aromatic N) is 4. The van der Waals surface area contributed by atoms with Gasteiger partial charge in [0.2, 0.25) is 0 Å². The molecule has 0 saturated carbocycles. The lowest BCUT2D eigenvalue weighted by atomic mass is 9.99. The molecule has 0 aliphatic rings. The van der Waals surface area contributed by atoms with E-state index in [1.165, 1.54) is 16.3 Å². The number of fused-ring (bicyclic) bond motifs is 6. The average Bonchev–Trinajstić information content (AvgIpc) is 3.90. The molecule has 0 atom stereocenters. The Labute approximate surface area is 357 Å². The summed E-state index contributed by atoms with van der Waals surface area (Å²) in [6, 6.07) is 76.3. The number of hydrogen-bond donors (Lipinski definition) is 0. The van der Waals surface area contributed by atoms with Crippen LogP contribution >= 0.6 is 0 Å². The highest BCUT2D eigenvalue weighted by Gasteiger charge is 2.22. The molecule has 290 valence electrons. The fraction of sp³-hybridized carbons (Fsp3) is 0. The van der Waals surface area contributed by atoms with Gasteiger partial charge in [0.05, 0.1) is 11.0 Å². The van der Waals surface area contributed by atoms with Crippen LogP contribution in [0.2, 0.25) is 0 Å². The first-order valence-electron chi connectivity index (χ1n) is 20.8. The van der Waals surface area contributed by atoms with E-state index < -0.39 is 0 Å². The molecule has 12 aromatic rings. The molecule has 5 nitrogen and oxygen atoms in total. The minimum atomic E-state index is 0.572. The van der Waals surface area contributed by atoms with E-state index >= 15 is 0 Å². The number of benzene rings is 9. The first kappa shape index (κ1) is 35.5. The Hall–Kier alpha value is -8.41. The molecule has 0 spiro atoms. The molecule has 0 radical (unpaired) electrons. The lowest BCUT2D eigenvalue weighted by Crippen LogP contribution is -2.00. The Morgan fingerprint density at radius 2 is 0.871 bits per heavy atom. The summed E-state index contributed by atoms with van der Waals surface area (Å²) < 4.78 is 9.34. The van der Waals surface area contributed by atoms with Gasteiger partial charge >= 0.3 is 0 Å². The van der Waals surface area contributed by atoms with Crippen molar-refractivity contribution in [2.75, 3.05) is 0 Å². The third kappa shape index (κ3) is 6.06. The lowest BCUT2D eigenvalue weighted by molar-refractivity contribution is 0.670. The molecule has 0 fully saturated rings. The third-order valence-corrected chi connectivity index (χ3v) is 11.8. The molecule has 3 aromatic heterocycles. The smallest absolute Gasteiger partial charge is 0.164 e. The van der Waals surface area contributed by atoms with E-state index in [1.807, 2.05) is 48.5 Å². The van der Waals surface area contributed by atoms with E-state index in [2.05, 4.69) is 174 Å². The predicted molar refractivity (Wildman–Crippen MR) is 254 cm³/mol. The topological polar surface area (TPSA) is 56.7 Å². The van der Waals surface area contributed by atoms with Crippen molar-refractivity contribution in [2.45, 2.75) is 0 Å². The molecule has 0 aliphatic carbocycles. The molecule has 0 aliphatic heterocycles. The molecular weight excluding hydrogens is 757 g/mol. The van der Waals surface area contributed by atoms with E-state index in [1.54, 1.807) is 0 Å². The quantitative estimate of drug-likeness (QED) is 0.161. The SMILES string of the molecule is c1ccc(-c2cccc(-c3nc(-c4ccccc4)nc(-c4cccc5oc6c(-c7ccccc7)cc(-n7c8ccccc8c8ccc(-c9ccccc9)cc87)cc6c45)n3)c2)cc1. The minimum Gasteiger partial charge on any atom is -0.455 e. The van der Waals surface area contributed by atoms with Crippen LogP contribution in [0.15, 0.2) is 223 Å². The average molecular weight is 793 g/mol. The highest BCUT2D eigenvalue weighted by molar-refractivity contribution is 6.17. The van der Waals surface area contributed by atoms with Gasteiger partial charge in [-0.15, -0.1) is 0 Å². The van der Waals surface area contributed by atoms with Crippen LogP contribution in [0.5, 0.6) is 0 Å². The van der Waals surface area contributed by atoms with Gasteiger partial charge in [0.1, 0.15) is 11.2 Å². The summed E-state index contributed by atoms with van der Waals surface area (Å²) in [6.45, 7) is 0. The van der Waals surface area contributed by atoms with Gasteiger partial charge in [-0.2, -0.15) is 0 Å². The van der Waals surface area contributed by atoms with Gasteiger partial charge in [0.15, 0.2) is 17.5 Å². The zero-order valence-electron chi connectivity index (χ0n) is 33.5. The van der Waals surface area contributed by atoms with Crippen molar-refractivity contribution in [1.29, 1.82) is 0 Å². The zero-order chi connectivity index (χ0) is 41.0. The Kier molecular flexibility index (Phi) is 8.42. The summed E-state index contributed by atoms with van der Waals surface area (Å²) in [4.78, 5) is 15.6. The Morgan fingerprint density at radius 1 is 0.323 bits per heavy atom. The van der Waals surface area contributed by atoms with E-state index in [9.17, 15) is 0 Å². The third-order valence-electron chi connectivity index (χ3n) is 11.8. The van der Waals surface area contributed by atoms with Crippen LogP contribution < -0.4 is 0 Å². The first-order chi connectivity index (χ1) is 30.7. The van der Waals surface area contributed by atoms with Gasteiger partial charge in [0.25, 0.3) is 0 Å². The van der Waals surface area contributed by atoms with Crippen molar-refractivity contribution >= 4 is 43.7 Å². The van der Waals surface area contributed by atoms with Crippen molar-refractivity contribution in [2.24, 2.45) is 0 Å². The fourth-order valence-corrected chi connectivity index (χ4v) is 8.93. The highest BCUT2D eigenvalue weighted by atomic mass is 16.3. The molecule has 0 N–H and O–H groups in total.